The van der Waals surface area contributed by atoms with Crippen molar-refractivity contribution in [3.63, 3.8) is 0 Å². The third-order valence-electron chi connectivity index (χ3n) is 6.07. The number of hydrogen-bond donors (Lipinski definition) is 1. The molecule has 21 heavy (non-hydrogen) atoms. The SMILES string of the molecule is CC(C)CC1CCCC(CN)(N(C)CC2CCCN2C)C1. The van der Waals surface area contributed by atoms with Gasteiger partial charge in [-0.25, -0.2) is 0 Å². The second kappa shape index (κ2) is 7.43. The Morgan fingerprint density at radius 3 is 2.62 bits per heavy atom. The van der Waals surface area contributed by atoms with Crippen molar-refractivity contribution in [2.45, 2.75) is 70.4 Å². The lowest BCUT2D eigenvalue weighted by atomic mass is 9.72. The minimum absolute atomic E-state index is 0.265. The Morgan fingerprint density at radius 1 is 1.29 bits per heavy atom. The summed E-state index contributed by atoms with van der Waals surface area (Å²) in [5.74, 6) is 1.70. The largest absolute Gasteiger partial charge is 0.329 e. The number of nitrogens with zero attached hydrogens (tertiary/aromatic N) is 2. The van der Waals surface area contributed by atoms with E-state index in [1.165, 1.54) is 58.0 Å². The van der Waals surface area contributed by atoms with Crippen molar-refractivity contribution in [2.75, 3.05) is 33.7 Å². The lowest BCUT2D eigenvalue weighted by Crippen LogP contribution is -2.57. The van der Waals surface area contributed by atoms with E-state index in [0.29, 0.717) is 0 Å². The highest BCUT2D eigenvalue weighted by Gasteiger charge is 2.39. The second-order valence-electron chi connectivity index (χ2n) is 8.18. The molecule has 1 saturated carbocycles. The van der Waals surface area contributed by atoms with Gasteiger partial charge in [0, 0.05) is 24.7 Å². The second-order valence-corrected chi connectivity index (χ2v) is 8.18. The van der Waals surface area contributed by atoms with Crippen LogP contribution in [0.1, 0.15) is 58.8 Å². The summed E-state index contributed by atoms with van der Waals surface area (Å²) in [6.45, 7) is 8.01. The quantitative estimate of drug-likeness (QED) is 0.818. The molecular weight excluding hydrogens is 258 g/mol. The van der Waals surface area contributed by atoms with Crippen molar-refractivity contribution in [1.29, 1.82) is 0 Å². The smallest absolute Gasteiger partial charge is 0.0332 e. The van der Waals surface area contributed by atoms with Gasteiger partial charge in [0.15, 0.2) is 0 Å². The van der Waals surface area contributed by atoms with Crippen LogP contribution in [0.25, 0.3) is 0 Å². The first kappa shape index (κ1) is 17.2. The highest BCUT2D eigenvalue weighted by Crippen LogP contribution is 2.39. The molecule has 0 aromatic rings. The minimum atomic E-state index is 0.265. The van der Waals surface area contributed by atoms with E-state index < -0.39 is 0 Å². The summed E-state index contributed by atoms with van der Waals surface area (Å²) in [6, 6.07) is 0.740. The summed E-state index contributed by atoms with van der Waals surface area (Å²) in [7, 11) is 4.61. The predicted octanol–water partition coefficient (Wildman–Crippen LogP) is 2.95. The van der Waals surface area contributed by atoms with Crippen molar-refractivity contribution in [3.05, 3.63) is 0 Å². The summed E-state index contributed by atoms with van der Waals surface area (Å²) >= 11 is 0. The molecule has 1 heterocycles. The van der Waals surface area contributed by atoms with E-state index in [9.17, 15) is 0 Å². The third kappa shape index (κ3) is 4.20. The summed E-state index contributed by atoms with van der Waals surface area (Å²) in [5, 5.41) is 0. The molecule has 2 aliphatic rings. The number of nitrogens with two attached hydrogens (primary N) is 1. The molecule has 0 aromatic carbocycles. The van der Waals surface area contributed by atoms with Crippen molar-refractivity contribution in [1.82, 2.24) is 9.80 Å². The van der Waals surface area contributed by atoms with E-state index in [-0.39, 0.29) is 5.54 Å². The van der Waals surface area contributed by atoms with Gasteiger partial charge >= 0.3 is 0 Å². The number of likely N-dealkylation sites (N-methyl/N-ethyl adjacent to an activating group) is 2. The molecule has 124 valence electrons. The molecular formula is C18H37N3. The third-order valence-corrected chi connectivity index (χ3v) is 6.07. The monoisotopic (exact) mass is 295 g/mol. The molecule has 3 atom stereocenters. The molecule has 1 aliphatic heterocycles. The maximum atomic E-state index is 6.29. The highest BCUT2D eigenvalue weighted by molar-refractivity contribution is 4.97. The molecule has 0 amide bonds. The van der Waals surface area contributed by atoms with Crippen LogP contribution in [0.3, 0.4) is 0 Å². The Morgan fingerprint density at radius 2 is 2.05 bits per heavy atom. The van der Waals surface area contributed by atoms with Gasteiger partial charge in [-0.3, -0.25) is 4.90 Å². The number of hydrogen-bond acceptors (Lipinski definition) is 3. The normalized spacial score (nSPS) is 35.0. The lowest BCUT2D eigenvalue weighted by Gasteiger charge is -2.48. The molecule has 1 aliphatic carbocycles. The van der Waals surface area contributed by atoms with Crippen LogP contribution in [-0.4, -0.2) is 55.1 Å². The molecule has 2 N–H and O–H groups in total. The van der Waals surface area contributed by atoms with Gasteiger partial charge in [0.05, 0.1) is 0 Å². The van der Waals surface area contributed by atoms with E-state index in [2.05, 4.69) is 37.7 Å². The van der Waals surface area contributed by atoms with E-state index in [1.54, 1.807) is 0 Å². The Balaban J connectivity index is 1.98. The molecule has 0 aromatic heterocycles. The standard InChI is InChI=1S/C18H37N3/c1-15(2)11-16-7-5-9-18(12-16,14-19)21(4)13-17-8-6-10-20(17)3/h15-17H,5-14,19H2,1-4H3. The summed E-state index contributed by atoms with van der Waals surface area (Å²) < 4.78 is 0. The van der Waals surface area contributed by atoms with Crippen molar-refractivity contribution in [2.24, 2.45) is 17.6 Å². The van der Waals surface area contributed by atoms with Gasteiger partial charge in [-0.1, -0.05) is 26.7 Å². The first-order valence-corrected chi connectivity index (χ1v) is 9.08. The maximum absolute atomic E-state index is 6.29. The van der Waals surface area contributed by atoms with Crippen LogP contribution < -0.4 is 5.73 Å². The lowest BCUT2D eigenvalue weighted by molar-refractivity contribution is 0.0369. The fraction of sp³-hybridized carbons (Fsp3) is 1.00. The van der Waals surface area contributed by atoms with Crippen LogP contribution in [0.2, 0.25) is 0 Å². The van der Waals surface area contributed by atoms with Crippen LogP contribution in [-0.2, 0) is 0 Å². The van der Waals surface area contributed by atoms with Gasteiger partial charge in [0.2, 0.25) is 0 Å². The Kier molecular flexibility index (Phi) is 6.10. The maximum Gasteiger partial charge on any atom is 0.0332 e. The average molecular weight is 296 g/mol. The molecule has 2 fully saturated rings. The molecule has 0 radical (unpaired) electrons. The molecule has 0 bridgehead atoms. The topological polar surface area (TPSA) is 32.5 Å². The molecule has 3 nitrogen and oxygen atoms in total. The highest BCUT2D eigenvalue weighted by atomic mass is 15.2. The molecule has 1 saturated heterocycles. The predicted molar refractivity (Wildman–Crippen MR) is 91.5 cm³/mol. The van der Waals surface area contributed by atoms with Crippen LogP contribution in [0.15, 0.2) is 0 Å². The Labute approximate surface area is 132 Å². The first-order valence-electron chi connectivity index (χ1n) is 9.08. The van der Waals surface area contributed by atoms with E-state index >= 15 is 0 Å². The van der Waals surface area contributed by atoms with Crippen molar-refractivity contribution in [3.8, 4) is 0 Å². The molecule has 0 spiro atoms. The van der Waals surface area contributed by atoms with Crippen LogP contribution >= 0.6 is 0 Å². The number of likely N-dealkylation sites (tertiary alicyclic amines) is 1. The van der Waals surface area contributed by atoms with Crippen LogP contribution in [0, 0.1) is 11.8 Å². The summed E-state index contributed by atoms with van der Waals surface area (Å²) in [5.41, 5.74) is 6.55. The fourth-order valence-corrected chi connectivity index (χ4v) is 4.74. The van der Waals surface area contributed by atoms with Gasteiger partial charge in [-0.05, 0) is 64.6 Å². The molecule has 3 unspecified atom stereocenters. The van der Waals surface area contributed by atoms with E-state index in [1.807, 2.05) is 0 Å². The van der Waals surface area contributed by atoms with Crippen LogP contribution in [0.4, 0.5) is 0 Å². The summed E-state index contributed by atoms with van der Waals surface area (Å²) in [4.78, 5) is 5.17. The Hall–Kier alpha value is -0.120. The fourth-order valence-electron chi connectivity index (χ4n) is 4.74. The summed E-state index contributed by atoms with van der Waals surface area (Å²) in [6.07, 6.45) is 9.48. The van der Waals surface area contributed by atoms with Gasteiger partial charge in [-0.15, -0.1) is 0 Å². The molecule has 3 heteroatoms. The van der Waals surface area contributed by atoms with E-state index in [0.717, 1.165) is 24.4 Å². The van der Waals surface area contributed by atoms with E-state index in [4.69, 9.17) is 5.73 Å². The Bertz CT molecular complexity index is 318. The van der Waals surface area contributed by atoms with Crippen molar-refractivity contribution < 1.29 is 0 Å². The number of rotatable bonds is 6. The first-order chi connectivity index (χ1) is 9.97. The minimum Gasteiger partial charge on any atom is -0.329 e. The van der Waals surface area contributed by atoms with Gasteiger partial charge in [0.25, 0.3) is 0 Å². The zero-order chi connectivity index (χ0) is 15.5. The van der Waals surface area contributed by atoms with Gasteiger partial charge in [-0.2, -0.15) is 0 Å². The average Bonchev–Trinajstić information content (AvgIpc) is 2.83. The van der Waals surface area contributed by atoms with Crippen LogP contribution in [0.5, 0.6) is 0 Å². The van der Waals surface area contributed by atoms with Gasteiger partial charge in [0.1, 0.15) is 0 Å². The van der Waals surface area contributed by atoms with Gasteiger partial charge < -0.3 is 10.6 Å². The zero-order valence-electron chi connectivity index (χ0n) is 14.8. The van der Waals surface area contributed by atoms with Crippen molar-refractivity contribution >= 4 is 0 Å². The molecule has 2 rings (SSSR count). The zero-order valence-corrected chi connectivity index (χ0v) is 14.8.